The lowest BCUT2D eigenvalue weighted by Gasteiger charge is -2.04. The number of nitrogens with zero attached hydrogens (tertiary/aromatic N) is 6. The number of amides is 1. The number of carbonyl (C=O) groups is 1. The molecule has 0 atom stereocenters. The van der Waals surface area contributed by atoms with Crippen LogP contribution >= 0.6 is 11.8 Å². The number of carbonyl (C=O) groups excluding carboxylic acids is 1. The van der Waals surface area contributed by atoms with Gasteiger partial charge in [-0.15, -0.1) is 10.2 Å². The Kier molecular flexibility index (Phi) is 4.98. The summed E-state index contributed by atoms with van der Waals surface area (Å²) in [5, 5.41) is 23.9. The first-order chi connectivity index (χ1) is 10.8. The summed E-state index contributed by atoms with van der Waals surface area (Å²) < 4.78 is 3.37. The zero-order valence-electron chi connectivity index (χ0n) is 13.0. The minimum atomic E-state index is -0.422. The summed E-state index contributed by atoms with van der Waals surface area (Å²) in [7, 11) is 1.79. The average Bonchev–Trinajstić information content (AvgIpc) is 2.94. The highest BCUT2D eigenvalue weighted by atomic mass is 32.2. The molecule has 11 heteroatoms. The molecule has 0 spiro atoms. The lowest BCUT2D eigenvalue weighted by atomic mass is 10.3. The van der Waals surface area contributed by atoms with Crippen molar-refractivity contribution >= 4 is 23.4 Å². The molecule has 0 saturated heterocycles. The van der Waals surface area contributed by atoms with Gasteiger partial charge in [-0.05, 0) is 13.8 Å². The van der Waals surface area contributed by atoms with Gasteiger partial charge in [-0.25, -0.2) is 0 Å². The van der Waals surface area contributed by atoms with E-state index in [0.717, 1.165) is 0 Å². The van der Waals surface area contributed by atoms with E-state index in [1.807, 2.05) is 0 Å². The van der Waals surface area contributed by atoms with Crippen LogP contribution in [0.15, 0.2) is 5.16 Å². The van der Waals surface area contributed by atoms with Crippen LogP contribution in [-0.2, 0) is 24.8 Å². The van der Waals surface area contributed by atoms with Crippen LogP contribution in [0.3, 0.4) is 0 Å². The minimum absolute atomic E-state index is 0.0423. The second-order valence-electron chi connectivity index (χ2n) is 4.96. The summed E-state index contributed by atoms with van der Waals surface area (Å²) in [4.78, 5) is 21.4. The topological polar surface area (TPSA) is 135 Å². The molecule has 0 aliphatic rings. The quantitative estimate of drug-likeness (QED) is 0.437. The maximum absolute atomic E-state index is 11.0. The fourth-order valence-electron chi connectivity index (χ4n) is 2.20. The van der Waals surface area contributed by atoms with Gasteiger partial charge in [0.15, 0.2) is 5.16 Å². The molecule has 10 nitrogen and oxygen atoms in total. The van der Waals surface area contributed by atoms with Gasteiger partial charge in [-0.2, -0.15) is 5.10 Å². The van der Waals surface area contributed by atoms with Gasteiger partial charge < -0.3 is 10.3 Å². The Morgan fingerprint density at radius 1 is 1.39 bits per heavy atom. The molecule has 2 N–H and O–H groups in total. The number of aryl methyl sites for hydroxylation is 3. The number of thioether (sulfide) groups is 1. The smallest absolute Gasteiger partial charge is 0.312 e. The third-order valence-corrected chi connectivity index (χ3v) is 4.38. The van der Waals surface area contributed by atoms with Crippen LogP contribution in [0.1, 0.15) is 17.2 Å². The van der Waals surface area contributed by atoms with Crippen LogP contribution in [0.2, 0.25) is 0 Å². The van der Waals surface area contributed by atoms with Gasteiger partial charge in [0.2, 0.25) is 5.91 Å². The summed E-state index contributed by atoms with van der Waals surface area (Å²) >= 11 is 1.21. The predicted molar refractivity (Wildman–Crippen MR) is 83.0 cm³/mol. The number of nitrogens with two attached hydrogens (primary N) is 1. The zero-order chi connectivity index (χ0) is 17.1. The molecule has 23 heavy (non-hydrogen) atoms. The number of nitro groups is 1. The van der Waals surface area contributed by atoms with Crippen LogP contribution in [0.25, 0.3) is 0 Å². The average molecular weight is 339 g/mol. The van der Waals surface area contributed by atoms with Gasteiger partial charge in [0.05, 0.1) is 10.7 Å². The Morgan fingerprint density at radius 2 is 2.09 bits per heavy atom. The molecule has 1 amide bonds. The molecule has 2 heterocycles. The minimum Gasteiger partial charge on any atom is -0.369 e. The summed E-state index contributed by atoms with van der Waals surface area (Å²) in [6.45, 7) is 3.73. The van der Waals surface area contributed by atoms with Crippen LogP contribution < -0.4 is 5.73 Å². The fraction of sp³-hybridized carbons (Fsp3) is 0.500. The fourth-order valence-corrected chi connectivity index (χ4v) is 2.87. The highest BCUT2D eigenvalue weighted by Crippen LogP contribution is 2.22. The van der Waals surface area contributed by atoms with E-state index >= 15 is 0 Å². The van der Waals surface area contributed by atoms with Crippen molar-refractivity contribution in [2.45, 2.75) is 32.0 Å². The van der Waals surface area contributed by atoms with Crippen molar-refractivity contribution in [3.8, 4) is 0 Å². The number of hydrogen-bond donors (Lipinski definition) is 1. The van der Waals surface area contributed by atoms with E-state index in [9.17, 15) is 14.9 Å². The molecule has 0 fully saturated rings. The Bertz CT molecular complexity index is 752. The van der Waals surface area contributed by atoms with Crippen LogP contribution in [0, 0.1) is 24.0 Å². The van der Waals surface area contributed by atoms with E-state index < -0.39 is 10.8 Å². The largest absolute Gasteiger partial charge is 0.369 e. The Morgan fingerprint density at radius 3 is 2.65 bits per heavy atom. The SMILES string of the molecule is Cc1nn(CCc2nnc(SCC(N)=O)n2C)c(C)c1[N+](=O)[O-]. The van der Waals surface area contributed by atoms with E-state index in [0.29, 0.717) is 35.3 Å². The number of hydrogen-bond acceptors (Lipinski definition) is 7. The third kappa shape index (κ3) is 3.67. The maximum Gasteiger partial charge on any atom is 0.312 e. The molecular weight excluding hydrogens is 322 g/mol. The Balaban J connectivity index is 2.09. The highest BCUT2D eigenvalue weighted by molar-refractivity contribution is 7.99. The van der Waals surface area contributed by atoms with E-state index in [1.165, 1.54) is 11.8 Å². The number of aromatic nitrogens is 5. The van der Waals surface area contributed by atoms with Crippen molar-refractivity contribution in [1.82, 2.24) is 24.5 Å². The normalized spacial score (nSPS) is 10.9. The molecule has 124 valence electrons. The first-order valence-corrected chi connectivity index (χ1v) is 7.77. The lowest BCUT2D eigenvalue weighted by molar-refractivity contribution is -0.386. The molecule has 0 saturated carbocycles. The molecule has 0 bridgehead atoms. The lowest BCUT2D eigenvalue weighted by Crippen LogP contribution is -2.14. The third-order valence-electron chi connectivity index (χ3n) is 3.34. The van der Waals surface area contributed by atoms with Crippen LogP contribution in [-0.4, -0.2) is 41.1 Å². The van der Waals surface area contributed by atoms with E-state index in [4.69, 9.17) is 5.73 Å². The molecule has 0 unspecified atom stereocenters. The molecule has 0 radical (unpaired) electrons. The van der Waals surface area contributed by atoms with Gasteiger partial charge in [-0.3, -0.25) is 19.6 Å². The van der Waals surface area contributed by atoms with Crippen molar-refractivity contribution in [3.05, 3.63) is 27.3 Å². The maximum atomic E-state index is 11.0. The molecular formula is C12H17N7O3S. The molecule has 0 aliphatic heterocycles. The Labute approximate surface area is 136 Å². The highest BCUT2D eigenvalue weighted by Gasteiger charge is 2.22. The predicted octanol–water partition coefficient (Wildman–Crippen LogP) is 0.357. The van der Waals surface area contributed by atoms with Gasteiger partial charge >= 0.3 is 5.69 Å². The van der Waals surface area contributed by atoms with Gasteiger partial charge in [0.25, 0.3) is 0 Å². The second kappa shape index (κ2) is 6.77. The summed E-state index contributed by atoms with van der Waals surface area (Å²) in [6.07, 6.45) is 0.514. The number of rotatable bonds is 7. The summed E-state index contributed by atoms with van der Waals surface area (Å²) in [6, 6.07) is 0. The van der Waals surface area contributed by atoms with Crippen molar-refractivity contribution in [2.75, 3.05) is 5.75 Å². The molecule has 0 aromatic carbocycles. The van der Waals surface area contributed by atoms with Gasteiger partial charge in [0.1, 0.15) is 17.2 Å². The van der Waals surface area contributed by atoms with E-state index in [1.54, 1.807) is 30.1 Å². The summed E-state index contributed by atoms with van der Waals surface area (Å²) in [5.41, 5.74) is 6.05. The Hall–Kier alpha value is -2.43. The number of primary amides is 1. The van der Waals surface area contributed by atoms with E-state index in [2.05, 4.69) is 15.3 Å². The van der Waals surface area contributed by atoms with Crippen molar-refractivity contribution < 1.29 is 9.72 Å². The molecule has 2 rings (SSSR count). The first kappa shape index (κ1) is 16.9. The van der Waals surface area contributed by atoms with Gasteiger partial charge in [0, 0.05) is 20.0 Å². The zero-order valence-corrected chi connectivity index (χ0v) is 13.8. The molecule has 0 aliphatic carbocycles. The summed E-state index contributed by atoms with van der Waals surface area (Å²) in [5.74, 6) is 0.414. The first-order valence-electron chi connectivity index (χ1n) is 6.79. The second-order valence-corrected chi connectivity index (χ2v) is 5.90. The van der Waals surface area contributed by atoms with Crippen molar-refractivity contribution in [1.29, 1.82) is 0 Å². The van der Waals surface area contributed by atoms with Crippen molar-refractivity contribution in [3.63, 3.8) is 0 Å². The standard InChI is InChI=1S/C12H17N7O3S/c1-7-11(19(21)22)8(2)18(16-7)5-4-10-14-15-12(17(10)3)23-6-9(13)20/h4-6H2,1-3H3,(H2,13,20). The monoisotopic (exact) mass is 339 g/mol. The molecule has 2 aromatic rings. The van der Waals surface area contributed by atoms with Crippen LogP contribution in [0.5, 0.6) is 0 Å². The molecule has 2 aromatic heterocycles. The van der Waals surface area contributed by atoms with Crippen LogP contribution in [0.4, 0.5) is 5.69 Å². The van der Waals surface area contributed by atoms with E-state index in [-0.39, 0.29) is 11.4 Å². The van der Waals surface area contributed by atoms with Crippen molar-refractivity contribution in [2.24, 2.45) is 12.8 Å². The van der Waals surface area contributed by atoms with Gasteiger partial charge in [-0.1, -0.05) is 11.8 Å².